The molecule has 2 unspecified atom stereocenters. The standard InChI is InChI=1S/C22H31N5O2/c1-4-7-27-14-15(10-19(27)28)20(29)24-17-11-22(2,3)12-18-16(17)13-23-21(25-18)26-8-5-6-9-26/h4,13,15,17H,1,5-12,14H2,2-3H3,(H,24,29). The number of carbonyl (C=O) groups is 2. The Morgan fingerprint density at radius 3 is 2.86 bits per heavy atom. The number of aromatic nitrogens is 2. The van der Waals surface area contributed by atoms with Crippen LogP contribution in [-0.4, -0.2) is 52.9 Å². The van der Waals surface area contributed by atoms with Gasteiger partial charge in [-0.15, -0.1) is 6.58 Å². The summed E-state index contributed by atoms with van der Waals surface area (Å²) in [4.78, 5) is 38.5. The monoisotopic (exact) mass is 397 g/mol. The number of fused-ring (bicyclic) bond motifs is 1. The van der Waals surface area contributed by atoms with Gasteiger partial charge in [-0.1, -0.05) is 19.9 Å². The van der Waals surface area contributed by atoms with Gasteiger partial charge in [0, 0.05) is 44.4 Å². The smallest absolute Gasteiger partial charge is 0.225 e. The minimum absolute atomic E-state index is 0.0213. The first-order chi connectivity index (χ1) is 13.9. The number of likely N-dealkylation sites (tertiary alicyclic amines) is 1. The fourth-order valence-electron chi connectivity index (χ4n) is 4.80. The summed E-state index contributed by atoms with van der Waals surface area (Å²) in [5, 5.41) is 3.21. The Morgan fingerprint density at radius 1 is 1.38 bits per heavy atom. The van der Waals surface area contributed by atoms with Crippen LogP contribution in [0, 0.1) is 11.3 Å². The molecule has 29 heavy (non-hydrogen) atoms. The normalized spacial score (nSPS) is 25.8. The Balaban J connectivity index is 1.51. The lowest BCUT2D eigenvalue weighted by Gasteiger charge is -2.37. The van der Waals surface area contributed by atoms with Gasteiger partial charge in [0.2, 0.25) is 17.8 Å². The van der Waals surface area contributed by atoms with Crippen LogP contribution in [0.3, 0.4) is 0 Å². The highest BCUT2D eigenvalue weighted by molar-refractivity contribution is 5.89. The molecule has 2 saturated heterocycles. The van der Waals surface area contributed by atoms with Crippen LogP contribution < -0.4 is 10.2 Å². The number of anilines is 1. The van der Waals surface area contributed by atoms with Crippen molar-refractivity contribution in [1.82, 2.24) is 20.2 Å². The molecule has 2 fully saturated rings. The molecule has 3 aliphatic rings. The molecule has 2 atom stereocenters. The number of nitrogens with zero attached hydrogens (tertiary/aromatic N) is 4. The molecule has 7 nitrogen and oxygen atoms in total. The van der Waals surface area contributed by atoms with Crippen molar-refractivity contribution >= 4 is 17.8 Å². The van der Waals surface area contributed by atoms with Crippen molar-refractivity contribution in [3.8, 4) is 0 Å². The van der Waals surface area contributed by atoms with E-state index in [1.54, 1.807) is 11.0 Å². The molecule has 7 heteroatoms. The van der Waals surface area contributed by atoms with Crippen molar-refractivity contribution < 1.29 is 9.59 Å². The Hall–Kier alpha value is -2.44. The molecular weight excluding hydrogens is 366 g/mol. The molecule has 156 valence electrons. The molecule has 0 spiro atoms. The lowest BCUT2D eigenvalue weighted by molar-refractivity contribution is -0.129. The van der Waals surface area contributed by atoms with E-state index in [1.807, 2.05) is 6.20 Å². The zero-order chi connectivity index (χ0) is 20.6. The molecule has 1 aromatic rings. The SMILES string of the molecule is C=CCN1CC(C(=O)NC2CC(C)(C)Cc3nc(N4CCCC4)ncc32)CC1=O. The van der Waals surface area contributed by atoms with Gasteiger partial charge in [-0.3, -0.25) is 9.59 Å². The van der Waals surface area contributed by atoms with Crippen LogP contribution in [0.4, 0.5) is 5.95 Å². The summed E-state index contributed by atoms with van der Waals surface area (Å²) in [6, 6.07) is -0.113. The van der Waals surface area contributed by atoms with Gasteiger partial charge < -0.3 is 15.1 Å². The summed E-state index contributed by atoms with van der Waals surface area (Å²) in [6.07, 6.45) is 7.98. The Bertz CT molecular complexity index is 815. The molecule has 1 aromatic heterocycles. The summed E-state index contributed by atoms with van der Waals surface area (Å²) in [7, 11) is 0. The van der Waals surface area contributed by atoms with E-state index in [4.69, 9.17) is 4.98 Å². The number of hydrogen-bond acceptors (Lipinski definition) is 5. The molecule has 0 saturated carbocycles. The van der Waals surface area contributed by atoms with E-state index in [0.29, 0.717) is 13.1 Å². The average molecular weight is 398 g/mol. The third kappa shape index (κ3) is 4.14. The minimum Gasteiger partial charge on any atom is -0.349 e. The van der Waals surface area contributed by atoms with Gasteiger partial charge in [0.1, 0.15) is 0 Å². The van der Waals surface area contributed by atoms with Gasteiger partial charge >= 0.3 is 0 Å². The quantitative estimate of drug-likeness (QED) is 0.771. The van der Waals surface area contributed by atoms with E-state index in [-0.39, 0.29) is 35.6 Å². The molecule has 1 N–H and O–H groups in total. The van der Waals surface area contributed by atoms with E-state index in [0.717, 1.165) is 43.1 Å². The predicted molar refractivity (Wildman–Crippen MR) is 111 cm³/mol. The number of hydrogen-bond donors (Lipinski definition) is 1. The average Bonchev–Trinajstić information content (AvgIpc) is 3.31. The van der Waals surface area contributed by atoms with Crippen molar-refractivity contribution in [2.45, 2.75) is 52.0 Å². The first kappa shape index (κ1) is 19.9. The Kier molecular flexibility index (Phi) is 5.32. The van der Waals surface area contributed by atoms with E-state index in [2.05, 4.69) is 35.6 Å². The van der Waals surface area contributed by atoms with Crippen LogP contribution in [-0.2, 0) is 16.0 Å². The fourth-order valence-corrected chi connectivity index (χ4v) is 4.80. The largest absolute Gasteiger partial charge is 0.349 e. The fraction of sp³-hybridized carbons (Fsp3) is 0.636. The summed E-state index contributed by atoms with van der Waals surface area (Å²) >= 11 is 0. The molecule has 0 aromatic carbocycles. The molecule has 0 bridgehead atoms. The van der Waals surface area contributed by atoms with Crippen LogP contribution in [0.5, 0.6) is 0 Å². The van der Waals surface area contributed by atoms with Gasteiger partial charge in [0.25, 0.3) is 0 Å². The van der Waals surface area contributed by atoms with Crippen molar-refractivity contribution in [3.05, 3.63) is 30.1 Å². The highest BCUT2D eigenvalue weighted by Gasteiger charge is 2.38. The maximum absolute atomic E-state index is 12.9. The summed E-state index contributed by atoms with van der Waals surface area (Å²) < 4.78 is 0. The second-order valence-electron chi connectivity index (χ2n) is 9.36. The first-order valence-electron chi connectivity index (χ1n) is 10.7. The predicted octanol–water partition coefficient (Wildman–Crippen LogP) is 2.24. The Morgan fingerprint density at radius 2 is 2.14 bits per heavy atom. The van der Waals surface area contributed by atoms with E-state index >= 15 is 0 Å². The number of amides is 2. The lowest BCUT2D eigenvalue weighted by Crippen LogP contribution is -2.40. The minimum atomic E-state index is -0.305. The topological polar surface area (TPSA) is 78.4 Å². The lowest BCUT2D eigenvalue weighted by atomic mass is 9.74. The van der Waals surface area contributed by atoms with E-state index in [9.17, 15) is 9.59 Å². The molecule has 1 aliphatic carbocycles. The number of carbonyl (C=O) groups excluding carboxylic acids is 2. The second kappa shape index (κ2) is 7.76. The molecule has 0 radical (unpaired) electrons. The van der Waals surface area contributed by atoms with Gasteiger partial charge in [0.15, 0.2) is 0 Å². The molecule has 4 rings (SSSR count). The van der Waals surface area contributed by atoms with Gasteiger partial charge in [-0.2, -0.15) is 0 Å². The zero-order valence-corrected chi connectivity index (χ0v) is 17.5. The van der Waals surface area contributed by atoms with Crippen LogP contribution in [0.15, 0.2) is 18.9 Å². The van der Waals surface area contributed by atoms with Gasteiger partial charge in [-0.25, -0.2) is 9.97 Å². The third-order valence-electron chi connectivity index (χ3n) is 6.31. The van der Waals surface area contributed by atoms with Crippen LogP contribution in [0.1, 0.15) is 56.8 Å². The molecule has 2 amide bonds. The summed E-state index contributed by atoms with van der Waals surface area (Å²) in [6.45, 7) is 11.1. The summed E-state index contributed by atoms with van der Waals surface area (Å²) in [5.74, 6) is 0.474. The highest BCUT2D eigenvalue weighted by atomic mass is 16.2. The summed E-state index contributed by atoms with van der Waals surface area (Å²) in [5.41, 5.74) is 2.11. The first-order valence-corrected chi connectivity index (χ1v) is 10.7. The molecule has 2 aliphatic heterocycles. The Labute approximate surface area is 172 Å². The van der Waals surface area contributed by atoms with E-state index < -0.39 is 0 Å². The van der Waals surface area contributed by atoms with Crippen molar-refractivity contribution in [1.29, 1.82) is 0 Å². The van der Waals surface area contributed by atoms with Crippen molar-refractivity contribution in [3.63, 3.8) is 0 Å². The van der Waals surface area contributed by atoms with Gasteiger partial charge in [0.05, 0.1) is 17.7 Å². The second-order valence-corrected chi connectivity index (χ2v) is 9.36. The number of rotatable bonds is 5. The highest BCUT2D eigenvalue weighted by Crippen LogP contribution is 2.40. The molecule has 3 heterocycles. The van der Waals surface area contributed by atoms with Crippen molar-refractivity contribution in [2.24, 2.45) is 11.3 Å². The number of nitrogens with one attached hydrogen (secondary N) is 1. The maximum atomic E-state index is 12.9. The van der Waals surface area contributed by atoms with E-state index in [1.165, 1.54) is 12.8 Å². The van der Waals surface area contributed by atoms with Gasteiger partial charge in [-0.05, 0) is 31.1 Å². The molecular formula is C22H31N5O2. The third-order valence-corrected chi connectivity index (χ3v) is 6.31. The van der Waals surface area contributed by atoms with Crippen LogP contribution in [0.2, 0.25) is 0 Å². The maximum Gasteiger partial charge on any atom is 0.225 e. The van der Waals surface area contributed by atoms with Crippen molar-refractivity contribution in [2.75, 3.05) is 31.1 Å². The zero-order valence-electron chi connectivity index (χ0n) is 17.5. The van der Waals surface area contributed by atoms with Crippen LogP contribution >= 0.6 is 0 Å². The van der Waals surface area contributed by atoms with Crippen LogP contribution in [0.25, 0.3) is 0 Å².